The fraction of sp³-hybridized carbons (Fsp3) is 0.923. The first-order valence-electron chi connectivity index (χ1n) is 6.84. The molecule has 1 saturated heterocycles. The van der Waals surface area contributed by atoms with Gasteiger partial charge in [0.05, 0.1) is 6.04 Å². The van der Waals surface area contributed by atoms with Crippen molar-refractivity contribution in [2.24, 2.45) is 16.8 Å². The van der Waals surface area contributed by atoms with Crippen LogP contribution in [0.1, 0.15) is 38.5 Å². The van der Waals surface area contributed by atoms with Crippen LogP contribution in [0, 0.1) is 11.8 Å². The Hall–Kier alpha value is -0.570. The molecule has 2 unspecified atom stereocenters. The van der Waals surface area contributed by atoms with E-state index >= 15 is 0 Å². The summed E-state index contributed by atoms with van der Waals surface area (Å²) in [6.45, 7) is 3.05. The van der Waals surface area contributed by atoms with Crippen molar-refractivity contribution in [3.8, 4) is 0 Å². The summed E-state index contributed by atoms with van der Waals surface area (Å²) in [5.41, 5.74) is 0. The van der Waals surface area contributed by atoms with Gasteiger partial charge in [0.25, 0.3) is 0 Å². The van der Waals surface area contributed by atoms with E-state index in [1.54, 1.807) is 0 Å². The summed E-state index contributed by atoms with van der Waals surface area (Å²) >= 11 is 0. The third-order valence-corrected chi connectivity index (χ3v) is 4.30. The Labute approximate surface area is 97.7 Å². The Bertz CT molecular complexity index is 265. The molecule has 2 heterocycles. The van der Waals surface area contributed by atoms with Crippen LogP contribution in [0.5, 0.6) is 0 Å². The lowest BCUT2D eigenvalue weighted by atomic mass is 9.84. The van der Waals surface area contributed by atoms with Crippen LogP contribution in [0.3, 0.4) is 0 Å². The van der Waals surface area contributed by atoms with Crippen molar-refractivity contribution < 1.29 is 4.74 Å². The second kappa shape index (κ2) is 4.74. The molecule has 2 fully saturated rings. The van der Waals surface area contributed by atoms with Crippen LogP contribution in [-0.2, 0) is 4.74 Å². The summed E-state index contributed by atoms with van der Waals surface area (Å²) < 4.78 is 5.81. The van der Waals surface area contributed by atoms with Gasteiger partial charge in [-0.25, -0.2) is 4.99 Å². The lowest BCUT2D eigenvalue weighted by molar-refractivity contribution is 0.234. The van der Waals surface area contributed by atoms with Gasteiger partial charge in [-0.3, -0.25) is 0 Å². The van der Waals surface area contributed by atoms with Crippen LogP contribution in [0.15, 0.2) is 4.99 Å². The highest BCUT2D eigenvalue weighted by Crippen LogP contribution is 2.31. The Morgan fingerprint density at radius 3 is 2.75 bits per heavy atom. The summed E-state index contributed by atoms with van der Waals surface area (Å²) in [6, 6.07) is 0.482. The Morgan fingerprint density at radius 1 is 1.12 bits per heavy atom. The highest BCUT2D eigenvalue weighted by molar-refractivity contribution is 5.80. The standard InChI is InChI=1S/C13H22N2O/c1-2-4-10(5-3-1)12-9-16-13(15-12)11-6-7-14-8-11/h10-12,14H,1-9H2. The minimum absolute atomic E-state index is 0.482. The zero-order valence-electron chi connectivity index (χ0n) is 9.95. The van der Waals surface area contributed by atoms with Gasteiger partial charge in [-0.15, -0.1) is 0 Å². The second-order valence-corrected chi connectivity index (χ2v) is 5.43. The zero-order valence-corrected chi connectivity index (χ0v) is 9.95. The molecule has 1 saturated carbocycles. The van der Waals surface area contributed by atoms with Gasteiger partial charge in [-0.2, -0.15) is 0 Å². The molecule has 16 heavy (non-hydrogen) atoms. The van der Waals surface area contributed by atoms with Crippen molar-refractivity contribution in [3.05, 3.63) is 0 Å². The largest absolute Gasteiger partial charge is 0.478 e. The van der Waals surface area contributed by atoms with Gasteiger partial charge in [-0.1, -0.05) is 19.3 Å². The first-order valence-corrected chi connectivity index (χ1v) is 6.84. The van der Waals surface area contributed by atoms with Gasteiger partial charge in [0, 0.05) is 12.5 Å². The average Bonchev–Trinajstić information content (AvgIpc) is 3.01. The van der Waals surface area contributed by atoms with E-state index in [1.807, 2.05) is 0 Å². The molecule has 2 atom stereocenters. The van der Waals surface area contributed by atoms with Crippen LogP contribution in [0.4, 0.5) is 0 Å². The monoisotopic (exact) mass is 222 g/mol. The highest BCUT2D eigenvalue weighted by atomic mass is 16.5. The van der Waals surface area contributed by atoms with Gasteiger partial charge in [0.1, 0.15) is 6.61 Å². The van der Waals surface area contributed by atoms with E-state index in [2.05, 4.69) is 5.32 Å². The first-order chi connectivity index (χ1) is 7.93. The molecule has 2 aliphatic heterocycles. The molecule has 0 aromatic carbocycles. The van der Waals surface area contributed by atoms with Gasteiger partial charge < -0.3 is 10.1 Å². The average molecular weight is 222 g/mol. The Balaban J connectivity index is 1.61. The molecule has 3 rings (SSSR count). The van der Waals surface area contributed by atoms with E-state index < -0.39 is 0 Å². The molecule has 0 aromatic heterocycles. The first kappa shape index (κ1) is 10.6. The second-order valence-electron chi connectivity index (χ2n) is 5.43. The molecule has 1 N–H and O–H groups in total. The molecule has 0 amide bonds. The molecule has 0 bridgehead atoms. The molecule has 0 aromatic rings. The Kier molecular flexibility index (Phi) is 3.13. The van der Waals surface area contributed by atoms with E-state index in [0.717, 1.165) is 31.5 Å². The molecule has 0 radical (unpaired) electrons. The fourth-order valence-electron chi connectivity index (χ4n) is 3.26. The van der Waals surface area contributed by atoms with E-state index in [9.17, 15) is 0 Å². The van der Waals surface area contributed by atoms with Crippen molar-refractivity contribution in [2.45, 2.75) is 44.6 Å². The molecule has 3 aliphatic rings. The van der Waals surface area contributed by atoms with Gasteiger partial charge in [-0.05, 0) is 31.7 Å². The number of ether oxygens (including phenoxy) is 1. The van der Waals surface area contributed by atoms with E-state index in [-0.39, 0.29) is 0 Å². The zero-order chi connectivity index (χ0) is 10.8. The molecular formula is C13H22N2O. The van der Waals surface area contributed by atoms with Gasteiger partial charge in [0.2, 0.25) is 0 Å². The molecule has 1 aliphatic carbocycles. The van der Waals surface area contributed by atoms with Crippen molar-refractivity contribution in [2.75, 3.05) is 19.7 Å². The lowest BCUT2D eigenvalue weighted by Gasteiger charge is -2.24. The summed E-state index contributed by atoms with van der Waals surface area (Å²) in [4.78, 5) is 4.85. The molecule has 3 nitrogen and oxygen atoms in total. The van der Waals surface area contributed by atoms with Crippen LogP contribution >= 0.6 is 0 Å². The summed E-state index contributed by atoms with van der Waals surface area (Å²) in [7, 11) is 0. The third kappa shape index (κ3) is 2.10. The number of nitrogens with one attached hydrogen (secondary N) is 1. The quantitative estimate of drug-likeness (QED) is 0.775. The maximum absolute atomic E-state index is 5.81. The number of aliphatic imine (C=N–C) groups is 1. The van der Waals surface area contributed by atoms with Crippen molar-refractivity contribution >= 4 is 5.90 Å². The fourth-order valence-corrected chi connectivity index (χ4v) is 3.26. The number of hydrogen-bond acceptors (Lipinski definition) is 3. The highest BCUT2D eigenvalue weighted by Gasteiger charge is 2.32. The molecule has 90 valence electrons. The predicted molar refractivity (Wildman–Crippen MR) is 64.7 cm³/mol. The summed E-state index contributed by atoms with van der Waals surface area (Å²) in [5.74, 6) is 2.43. The van der Waals surface area contributed by atoms with E-state index in [4.69, 9.17) is 9.73 Å². The number of hydrogen-bond donors (Lipinski definition) is 1. The smallest absolute Gasteiger partial charge is 0.188 e. The minimum atomic E-state index is 0.482. The van der Waals surface area contributed by atoms with Crippen molar-refractivity contribution in [3.63, 3.8) is 0 Å². The number of rotatable bonds is 2. The van der Waals surface area contributed by atoms with Crippen molar-refractivity contribution in [1.82, 2.24) is 5.32 Å². The van der Waals surface area contributed by atoms with Crippen molar-refractivity contribution in [1.29, 1.82) is 0 Å². The Morgan fingerprint density at radius 2 is 2.00 bits per heavy atom. The van der Waals surface area contributed by atoms with Gasteiger partial charge in [0.15, 0.2) is 5.90 Å². The molecule has 0 spiro atoms. The topological polar surface area (TPSA) is 33.6 Å². The molecular weight excluding hydrogens is 200 g/mol. The number of nitrogens with zero attached hydrogens (tertiary/aromatic N) is 1. The predicted octanol–water partition coefficient (Wildman–Crippen LogP) is 1.97. The third-order valence-electron chi connectivity index (χ3n) is 4.30. The normalized spacial score (nSPS) is 36.1. The molecule has 3 heteroatoms. The van der Waals surface area contributed by atoms with E-state index in [0.29, 0.717) is 12.0 Å². The van der Waals surface area contributed by atoms with Crippen LogP contribution in [-0.4, -0.2) is 31.6 Å². The van der Waals surface area contributed by atoms with Crippen LogP contribution in [0.2, 0.25) is 0 Å². The van der Waals surface area contributed by atoms with Crippen LogP contribution in [0.25, 0.3) is 0 Å². The maximum atomic E-state index is 5.81. The van der Waals surface area contributed by atoms with Gasteiger partial charge >= 0.3 is 0 Å². The summed E-state index contributed by atoms with van der Waals surface area (Å²) in [6.07, 6.45) is 8.17. The minimum Gasteiger partial charge on any atom is -0.478 e. The summed E-state index contributed by atoms with van der Waals surface area (Å²) in [5, 5.41) is 3.38. The lowest BCUT2D eigenvalue weighted by Crippen LogP contribution is -2.22. The van der Waals surface area contributed by atoms with Crippen LogP contribution < -0.4 is 5.32 Å². The van der Waals surface area contributed by atoms with E-state index in [1.165, 1.54) is 38.5 Å². The maximum Gasteiger partial charge on any atom is 0.188 e. The SMILES string of the molecule is C1CCC(C2COC(C3CCNC3)=N2)CC1.